The van der Waals surface area contributed by atoms with Crippen molar-refractivity contribution in [2.45, 2.75) is 50.3 Å². The molecule has 0 spiro atoms. The lowest BCUT2D eigenvalue weighted by molar-refractivity contribution is -0.527. The standard InChI is InChI=1S/C22H27BN4O7/c1-13(2)12-17(23(29)30)24-22(28)20-18(14-8-10-16(11-9-14)26(31)32)21(27(33)34)19(25-20)15-6-4-3-5-7-15/h3-11,13,17-21,25,29-30H,12H2,1-2H3,(H,24,28). The summed E-state index contributed by atoms with van der Waals surface area (Å²) >= 11 is 0. The van der Waals surface area contributed by atoms with E-state index in [1.807, 2.05) is 13.8 Å². The van der Waals surface area contributed by atoms with E-state index in [2.05, 4.69) is 10.6 Å². The van der Waals surface area contributed by atoms with Crippen LogP contribution in [-0.2, 0) is 4.79 Å². The van der Waals surface area contributed by atoms with Crippen molar-refractivity contribution in [1.82, 2.24) is 10.6 Å². The van der Waals surface area contributed by atoms with Crippen LogP contribution in [0.15, 0.2) is 54.6 Å². The van der Waals surface area contributed by atoms with E-state index in [-0.39, 0.29) is 11.6 Å². The van der Waals surface area contributed by atoms with Crippen LogP contribution in [0, 0.1) is 26.1 Å². The topological polar surface area (TPSA) is 168 Å². The lowest BCUT2D eigenvalue weighted by Crippen LogP contribution is -2.53. The van der Waals surface area contributed by atoms with Crippen LogP contribution in [0.2, 0.25) is 0 Å². The maximum Gasteiger partial charge on any atom is 0.475 e. The fraction of sp³-hybridized carbons (Fsp3) is 0.409. The highest BCUT2D eigenvalue weighted by atomic mass is 16.6. The molecule has 5 atom stereocenters. The number of nitrogens with one attached hydrogen (secondary N) is 2. The lowest BCUT2D eigenvalue weighted by Gasteiger charge is -2.24. The Labute approximate surface area is 196 Å². The van der Waals surface area contributed by atoms with E-state index >= 15 is 0 Å². The molecule has 0 radical (unpaired) electrons. The zero-order chi connectivity index (χ0) is 25.0. The molecule has 0 aromatic heterocycles. The SMILES string of the molecule is CC(C)CC(NC(=O)C1NC(c2ccccc2)C([N+](=O)[O-])C1c1ccc([N+](=O)[O-])cc1)B(O)O. The number of nitro groups is 2. The number of benzene rings is 2. The van der Waals surface area contributed by atoms with Crippen LogP contribution in [0.4, 0.5) is 5.69 Å². The van der Waals surface area contributed by atoms with Crippen LogP contribution in [0.3, 0.4) is 0 Å². The van der Waals surface area contributed by atoms with Crippen LogP contribution in [0.1, 0.15) is 43.4 Å². The van der Waals surface area contributed by atoms with Crippen molar-refractivity contribution < 1.29 is 24.7 Å². The first-order valence-electron chi connectivity index (χ1n) is 11.0. The van der Waals surface area contributed by atoms with Gasteiger partial charge in [-0.3, -0.25) is 30.3 Å². The third kappa shape index (κ3) is 5.58. The molecule has 1 amide bonds. The van der Waals surface area contributed by atoms with Gasteiger partial charge in [-0.05, 0) is 23.5 Å². The van der Waals surface area contributed by atoms with Gasteiger partial charge in [-0.2, -0.15) is 0 Å². The Bertz CT molecular complexity index is 1020. The molecule has 11 nitrogen and oxygen atoms in total. The summed E-state index contributed by atoms with van der Waals surface area (Å²) in [5, 5.41) is 48.5. The van der Waals surface area contributed by atoms with Crippen LogP contribution in [0.5, 0.6) is 0 Å². The summed E-state index contributed by atoms with van der Waals surface area (Å²) in [5.74, 6) is -2.49. The van der Waals surface area contributed by atoms with Crippen LogP contribution < -0.4 is 10.6 Å². The van der Waals surface area contributed by atoms with E-state index in [1.165, 1.54) is 24.3 Å². The van der Waals surface area contributed by atoms with Crippen LogP contribution >= 0.6 is 0 Å². The molecule has 0 aliphatic carbocycles. The Hall–Kier alpha value is -3.35. The van der Waals surface area contributed by atoms with Gasteiger partial charge in [0.15, 0.2) is 0 Å². The lowest BCUT2D eigenvalue weighted by atomic mass is 9.74. The average molecular weight is 470 g/mol. The predicted octanol–water partition coefficient (Wildman–Crippen LogP) is 1.58. The zero-order valence-corrected chi connectivity index (χ0v) is 18.8. The number of nitro benzene ring substituents is 1. The largest absolute Gasteiger partial charge is 0.475 e. The third-order valence-electron chi connectivity index (χ3n) is 6.01. The first-order chi connectivity index (χ1) is 16.1. The van der Waals surface area contributed by atoms with Gasteiger partial charge in [0.25, 0.3) is 5.69 Å². The van der Waals surface area contributed by atoms with Crippen molar-refractivity contribution in [3.8, 4) is 0 Å². The monoisotopic (exact) mass is 470 g/mol. The van der Waals surface area contributed by atoms with Gasteiger partial charge in [0.1, 0.15) is 12.1 Å². The van der Waals surface area contributed by atoms with Gasteiger partial charge < -0.3 is 15.4 Å². The van der Waals surface area contributed by atoms with Crippen molar-refractivity contribution >= 4 is 18.7 Å². The number of non-ortho nitro benzene ring substituents is 1. The molecule has 5 unspecified atom stereocenters. The summed E-state index contributed by atoms with van der Waals surface area (Å²) in [5.41, 5.74) is 0.837. The molecule has 1 aliphatic heterocycles. The van der Waals surface area contributed by atoms with Gasteiger partial charge in [0, 0.05) is 17.1 Å². The first kappa shape index (κ1) is 25.3. The zero-order valence-electron chi connectivity index (χ0n) is 18.8. The molecule has 3 rings (SSSR count). The first-order valence-corrected chi connectivity index (χ1v) is 11.0. The molecule has 34 heavy (non-hydrogen) atoms. The molecule has 2 aromatic rings. The molecule has 1 fully saturated rings. The Balaban J connectivity index is 2.02. The van der Waals surface area contributed by atoms with Gasteiger partial charge in [0.05, 0.1) is 16.8 Å². The van der Waals surface area contributed by atoms with E-state index in [9.17, 15) is 35.1 Å². The normalized spacial score (nSPS) is 22.9. The van der Waals surface area contributed by atoms with E-state index in [0.29, 0.717) is 17.5 Å². The molecule has 2 aromatic carbocycles. The second-order valence-electron chi connectivity index (χ2n) is 8.84. The van der Waals surface area contributed by atoms with E-state index in [4.69, 9.17) is 0 Å². The Morgan fingerprint density at radius 2 is 1.68 bits per heavy atom. The number of carbonyl (C=O) groups is 1. The maximum absolute atomic E-state index is 13.3. The van der Waals surface area contributed by atoms with Gasteiger partial charge >= 0.3 is 7.12 Å². The number of rotatable bonds is 9. The molecule has 1 aliphatic rings. The second-order valence-corrected chi connectivity index (χ2v) is 8.84. The molecule has 12 heteroatoms. The Kier molecular flexibility index (Phi) is 7.97. The summed E-state index contributed by atoms with van der Waals surface area (Å²) in [7, 11) is -1.80. The van der Waals surface area contributed by atoms with Crippen LogP contribution in [-0.4, -0.2) is 50.9 Å². The summed E-state index contributed by atoms with van der Waals surface area (Å²) in [6, 6.07) is 10.9. The van der Waals surface area contributed by atoms with Crippen molar-refractivity contribution in [3.05, 3.63) is 86.0 Å². The van der Waals surface area contributed by atoms with Gasteiger partial charge in [-0.1, -0.05) is 56.3 Å². The number of hydrogen-bond acceptors (Lipinski definition) is 8. The second kappa shape index (κ2) is 10.7. The minimum Gasteiger partial charge on any atom is -0.426 e. The predicted molar refractivity (Wildman–Crippen MR) is 124 cm³/mol. The molecule has 1 heterocycles. The fourth-order valence-electron chi connectivity index (χ4n) is 4.49. The van der Waals surface area contributed by atoms with Crippen molar-refractivity contribution in [1.29, 1.82) is 0 Å². The van der Waals surface area contributed by atoms with Gasteiger partial charge in [0.2, 0.25) is 11.9 Å². The number of amides is 1. The molecule has 4 N–H and O–H groups in total. The smallest absolute Gasteiger partial charge is 0.426 e. The molecule has 1 saturated heterocycles. The maximum atomic E-state index is 13.3. The molecule has 0 saturated carbocycles. The minimum absolute atomic E-state index is 0.0534. The van der Waals surface area contributed by atoms with E-state index in [1.54, 1.807) is 30.3 Å². The van der Waals surface area contributed by atoms with Crippen molar-refractivity contribution in [2.75, 3.05) is 0 Å². The summed E-state index contributed by atoms with van der Waals surface area (Å²) < 4.78 is 0. The molecule has 180 valence electrons. The number of carbonyl (C=O) groups excluding carboxylic acids is 1. The third-order valence-corrected chi connectivity index (χ3v) is 6.01. The summed E-state index contributed by atoms with van der Waals surface area (Å²) in [6.45, 7) is 3.73. The van der Waals surface area contributed by atoms with Gasteiger partial charge in [-0.15, -0.1) is 0 Å². The minimum atomic E-state index is -1.80. The van der Waals surface area contributed by atoms with E-state index < -0.39 is 52.9 Å². The molecule has 0 bridgehead atoms. The fourth-order valence-corrected chi connectivity index (χ4v) is 4.49. The highest BCUT2D eigenvalue weighted by Crippen LogP contribution is 2.40. The number of hydrogen-bond donors (Lipinski definition) is 4. The van der Waals surface area contributed by atoms with E-state index in [0.717, 1.165) is 0 Å². The van der Waals surface area contributed by atoms with Gasteiger partial charge in [-0.25, -0.2) is 0 Å². The highest BCUT2D eigenvalue weighted by molar-refractivity contribution is 6.43. The van der Waals surface area contributed by atoms with Crippen LogP contribution in [0.25, 0.3) is 0 Å². The Morgan fingerprint density at radius 1 is 1.06 bits per heavy atom. The summed E-state index contributed by atoms with van der Waals surface area (Å²) in [6.07, 6.45) is 0.291. The Morgan fingerprint density at radius 3 is 2.18 bits per heavy atom. The quantitative estimate of drug-likeness (QED) is 0.243. The molecular weight excluding hydrogens is 443 g/mol. The summed E-state index contributed by atoms with van der Waals surface area (Å²) in [4.78, 5) is 35.6. The highest BCUT2D eigenvalue weighted by Gasteiger charge is 2.54. The average Bonchev–Trinajstić information content (AvgIpc) is 3.20. The van der Waals surface area contributed by atoms with Crippen molar-refractivity contribution in [3.63, 3.8) is 0 Å². The molecular formula is C22H27BN4O7. The van der Waals surface area contributed by atoms with Crippen molar-refractivity contribution in [2.24, 2.45) is 5.92 Å². The number of nitrogens with zero attached hydrogens (tertiary/aromatic N) is 2.